The van der Waals surface area contributed by atoms with Gasteiger partial charge in [-0.1, -0.05) is 50.3 Å². The van der Waals surface area contributed by atoms with Gasteiger partial charge in [-0.05, 0) is 42.7 Å². The molecule has 160 valence electrons. The van der Waals surface area contributed by atoms with Gasteiger partial charge in [0.15, 0.2) is 5.78 Å². The van der Waals surface area contributed by atoms with Crippen LogP contribution in [0.3, 0.4) is 0 Å². The number of rotatable bonds is 7. The first-order valence-corrected chi connectivity index (χ1v) is 9.83. The third kappa shape index (κ3) is 5.54. The van der Waals surface area contributed by atoms with Gasteiger partial charge >= 0.3 is 5.97 Å². The molecule has 2 rings (SSSR count). The molecule has 1 aromatic carbocycles. The molecule has 0 saturated heterocycles. The molecule has 0 spiro atoms. The molecule has 0 fully saturated rings. The predicted molar refractivity (Wildman–Crippen MR) is 115 cm³/mol. The summed E-state index contributed by atoms with van der Waals surface area (Å²) in [6, 6.07) is 8.02. The first-order valence-electron chi connectivity index (χ1n) is 9.83. The van der Waals surface area contributed by atoms with E-state index in [9.17, 15) is 24.6 Å². The second-order valence-corrected chi connectivity index (χ2v) is 8.43. The van der Waals surface area contributed by atoms with Gasteiger partial charge in [0.2, 0.25) is 5.91 Å². The summed E-state index contributed by atoms with van der Waals surface area (Å²) < 4.78 is 0. The number of hydrogen-bond acceptors (Lipinski definition) is 4. The van der Waals surface area contributed by atoms with Gasteiger partial charge < -0.3 is 15.5 Å². The third-order valence-electron chi connectivity index (χ3n) is 5.47. The Balaban J connectivity index is 2.12. The number of hydrogen-bond donors (Lipinski definition) is 3. The lowest BCUT2D eigenvalue weighted by Gasteiger charge is -2.44. The summed E-state index contributed by atoms with van der Waals surface area (Å²) in [7, 11) is 0. The van der Waals surface area contributed by atoms with Crippen LogP contribution >= 0.6 is 0 Å². The fourth-order valence-corrected chi connectivity index (χ4v) is 3.63. The number of carboxylic acids is 1. The Morgan fingerprint density at radius 1 is 1.23 bits per heavy atom. The summed E-state index contributed by atoms with van der Waals surface area (Å²) in [4.78, 5) is 35.7. The zero-order chi connectivity index (χ0) is 22.5. The van der Waals surface area contributed by atoms with Crippen LogP contribution < -0.4 is 5.32 Å². The molecule has 2 atom stereocenters. The Labute approximate surface area is 177 Å². The number of ketones is 1. The number of aliphatic carboxylic acids is 1. The van der Waals surface area contributed by atoms with Crippen LogP contribution in [0.4, 0.5) is 0 Å². The molecule has 1 aromatic rings. The van der Waals surface area contributed by atoms with E-state index in [0.29, 0.717) is 11.1 Å². The first-order chi connectivity index (χ1) is 13.9. The fraction of sp³-hybridized carbons (Fsp3) is 0.375. The van der Waals surface area contributed by atoms with Crippen molar-refractivity contribution in [3.63, 3.8) is 0 Å². The predicted octanol–water partition coefficient (Wildman–Crippen LogP) is 2.98. The highest BCUT2D eigenvalue weighted by Crippen LogP contribution is 2.44. The van der Waals surface area contributed by atoms with Gasteiger partial charge in [0, 0.05) is 24.3 Å². The molecule has 1 amide bonds. The zero-order valence-corrected chi connectivity index (χ0v) is 17.8. The van der Waals surface area contributed by atoms with Gasteiger partial charge in [-0.3, -0.25) is 9.59 Å². The van der Waals surface area contributed by atoms with Crippen molar-refractivity contribution in [1.29, 1.82) is 0 Å². The van der Waals surface area contributed by atoms with Crippen molar-refractivity contribution in [1.82, 2.24) is 5.32 Å². The number of carbonyl (C=O) groups excluding carboxylic acids is 2. The molecule has 0 saturated carbocycles. The van der Waals surface area contributed by atoms with Gasteiger partial charge in [-0.25, -0.2) is 4.79 Å². The van der Waals surface area contributed by atoms with Crippen LogP contribution in [0.2, 0.25) is 0 Å². The third-order valence-corrected chi connectivity index (χ3v) is 5.47. The van der Waals surface area contributed by atoms with Crippen molar-refractivity contribution in [2.45, 2.75) is 52.2 Å². The topological polar surface area (TPSA) is 104 Å². The SMILES string of the molecule is CC1=CC(=O)CC(C)(C)[C@@]1(O)/C=C/C(C)=C\C(=O)N[C@@H](Cc1ccccc1)C(=O)O. The summed E-state index contributed by atoms with van der Waals surface area (Å²) in [6.45, 7) is 7.03. The average Bonchev–Trinajstić information content (AvgIpc) is 2.64. The lowest BCUT2D eigenvalue weighted by molar-refractivity contribution is -0.141. The number of benzene rings is 1. The van der Waals surface area contributed by atoms with Crippen LogP contribution in [0.15, 0.2) is 65.8 Å². The largest absolute Gasteiger partial charge is 0.480 e. The highest BCUT2D eigenvalue weighted by molar-refractivity contribution is 5.93. The van der Waals surface area contributed by atoms with Crippen molar-refractivity contribution in [2.24, 2.45) is 5.41 Å². The number of aliphatic hydroxyl groups is 1. The molecule has 0 radical (unpaired) electrons. The highest BCUT2D eigenvalue weighted by atomic mass is 16.4. The second kappa shape index (κ2) is 9.22. The molecule has 6 heteroatoms. The van der Waals surface area contributed by atoms with Gasteiger partial charge in [-0.15, -0.1) is 0 Å². The second-order valence-electron chi connectivity index (χ2n) is 8.43. The van der Waals surface area contributed by atoms with Gasteiger partial charge in [-0.2, -0.15) is 0 Å². The molecular formula is C24H29NO5. The van der Waals surface area contributed by atoms with Crippen molar-refractivity contribution < 1.29 is 24.6 Å². The minimum absolute atomic E-state index is 0.0275. The molecule has 1 aliphatic rings. The summed E-state index contributed by atoms with van der Waals surface area (Å²) in [5.74, 6) is -1.67. The highest BCUT2D eigenvalue weighted by Gasteiger charge is 2.46. The van der Waals surface area contributed by atoms with E-state index >= 15 is 0 Å². The monoisotopic (exact) mass is 411 g/mol. The molecule has 3 N–H and O–H groups in total. The zero-order valence-electron chi connectivity index (χ0n) is 17.8. The van der Waals surface area contributed by atoms with Gasteiger partial charge in [0.1, 0.15) is 11.6 Å². The smallest absolute Gasteiger partial charge is 0.326 e. The van der Waals surface area contributed by atoms with Crippen molar-refractivity contribution in [3.8, 4) is 0 Å². The van der Waals surface area contributed by atoms with E-state index in [1.165, 1.54) is 12.2 Å². The van der Waals surface area contributed by atoms with E-state index in [4.69, 9.17) is 0 Å². The van der Waals surface area contributed by atoms with E-state index < -0.39 is 28.9 Å². The molecule has 0 heterocycles. The minimum atomic E-state index is -1.32. The van der Waals surface area contributed by atoms with Crippen LogP contribution in [0.25, 0.3) is 0 Å². The normalized spacial score (nSPS) is 22.5. The summed E-state index contributed by atoms with van der Waals surface area (Å²) >= 11 is 0. The van der Waals surface area contributed by atoms with Crippen LogP contribution in [-0.4, -0.2) is 39.5 Å². The van der Waals surface area contributed by atoms with Crippen LogP contribution in [0.1, 0.15) is 39.7 Å². The van der Waals surface area contributed by atoms with Crippen molar-refractivity contribution in [2.75, 3.05) is 0 Å². The number of allylic oxidation sites excluding steroid dienone is 3. The molecule has 1 aliphatic carbocycles. The molecule has 6 nitrogen and oxygen atoms in total. The Morgan fingerprint density at radius 2 is 1.87 bits per heavy atom. The van der Waals surface area contributed by atoms with Gasteiger partial charge in [0.05, 0.1) is 0 Å². The maximum atomic E-state index is 12.3. The number of nitrogens with one attached hydrogen (secondary N) is 1. The summed E-state index contributed by atoms with van der Waals surface area (Å²) in [6.07, 6.45) is 6.33. The first kappa shape index (κ1) is 23.3. The van der Waals surface area contributed by atoms with E-state index in [1.807, 2.05) is 32.0 Å². The Morgan fingerprint density at radius 3 is 2.43 bits per heavy atom. The number of amides is 1. The molecule has 0 aromatic heterocycles. The lowest BCUT2D eigenvalue weighted by atomic mass is 9.64. The Kier molecular flexibility index (Phi) is 7.16. The summed E-state index contributed by atoms with van der Waals surface area (Å²) in [5.41, 5.74) is -0.101. The summed E-state index contributed by atoms with van der Waals surface area (Å²) in [5, 5.41) is 23.1. The van der Waals surface area contributed by atoms with E-state index in [1.54, 1.807) is 38.1 Å². The average molecular weight is 411 g/mol. The van der Waals surface area contributed by atoms with Crippen LogP contribution in [0.5, 0.6) is 0 Å². The maximum Gasteiger partial charge on any atom is 0.326 e. The van der Waals surface area contributed by atoms with E-state index in [0.717, 1.165) is 5.56 Å². The van der Waals surface area contributed by atoms with Gasteiger partial charge in [0.25, 0.3) is 0 Å². The van der Waals surface area contributed by atoms with E-state index in [2.05, 4.69) is 5.32 Å². The molecule has 30 heavy (non-hydrogen) atoms. The molecule has 0 aliphatic heterocycles. The number of carboxylic acid groups (broad SMARTS) is 1. The minimum Gasteiger partial charge on any atom is -0.480 e. The Hall–Kier alpha value is -2.99. The Bertz CT molecular complexity index is 911. The number of carbonyl (C=O) groups is 3. The quantitative estimate of drug-likeness (QED) is 0.473. The van der Waals surface area contributed by atoms with E-state index in [-0.39, 0.29) is 18.6 Å². The lowest BCUT2D eigenvalue weighted by Crippen LogP contribution is -2.48. The molecule has 0 bridgehead atoms. The van der Waals surface area contributed by atoms with Crippen molar-refractivity contribution >= 4 is 17.7 Å². The standard InChI is InChI=1S/C24H29NO5/c1-16(10-11-24(30)17(2)13-19(26)15-23(24,3)4)12-21(27)25-20(22(28)29)14-18-8-6-5-7-9-18/h5-13,20,30H,14-15H2,1-4H3,(H,25,27)(H,28,29)/b11-10+,16-12-/t20-,24+/m0/s1. The van der Waals surface area contributed by atoms with Crippen LogP contribution in [-0.2, 0) is 20.8 Å². The van der Waals surface area contributed by atoms with Crippen molar-refractivity contribution in [3.05, 3.63) is 71.3 Å². The maximum absolute atomic E-state index is 12.3. The molecular weight excluding hydrogens is 382 g/mol. The van der Waals surface area contributed by atoms with Crippen LogP contribution in [0, 0.1) is 5.41 Å². The molecule has 0 unspecified atom stereocenters. The fourth-order valence-electron chi connectivity index (χ4n) is 3.63.